The fourth-order valence-electron chi connectivity index (χ4n) is 2.08. The predicted molar refractivity (Wildman–Crippen MR) is 86.7 cm³/mol. The number of hydrogen-bond acceptors (Lipinski definition) is 3. The summed E-state index contributed by atoms with van der Waals surface area (Å²) in [6.07, 6.45) is 3.65. The Labute approximate surface area is 131 Å². The van der Waals surface area contributed by atoms with E-state index in [1.807, 2.05) is 59.4 Å². The van der Waals surface area contributed by atoms with Crippen molar-refractivity contribution in [2.45, 2.75) is 6.54 Å². The van der Waals surface area contributed by atoms with Crippen molar-refractivity contribution in [2.75, 3.05) is 5.32 Å². The monoisotopic (exact) mass is 343 g/mol. The second kappa shape index (κ2) is 6.01. The Kier molecular flexibility index (Phi) is 3.92. The molecule has 0 unspecified atom stereocenters. The van der Waals surface area contributed by atoms with Crippen LogP contribution in [0, 0.1) is 0 Å². The normalized spacial score (nSPS) is 10.5. The topological polar surface area (TPSA) is 50.1 Å². The molecule has 2 aromatic carbocycles. The first kappa shape index (κ1) is 13.7. The van der Waals surface area contributed by atoms with E-state index in [1.165, 1.54) is 0 Å². The lowest BCUT2D eigenvalue weighted by atomic mass is 10.2. The SMILES string of the molecule is Oc1c(Br)cccc1CNc1cccc(-n2cccn2)c1. The number of benzene rings is 2. The van der Waals surface area contributed by atoms with Crippen LogP contribution in [-0.4, -0.2) is 14.9 Å². The number of nitrogens with one attached hydrogen (secondary N) is 1. The van der Waals surface area contributed by atoms with Crippen LogP contribution in [0.3, 0.4) is 0 Å². The van der Waals surface area contributed by atoms with Gasteiger partial charge >= 0.3 is 0 Å². The van der Waals surface area contributed by atoms with Crippen LogP contribution in [0.4, 0.5) is 5.69 Å². The fourth-order valence-corrected chi connectivity index (χ4v) is 2.49. The molecule has 5 heteroatoms. The smallest absolute Gasteiger partial charge is 0.134 e. The molecular formula is C16H14BrN3O. The molecule has 3 aromatic rings. The largest absolute Gasteiger partial charge is 0.506 e. The van der Waals surface area contributed by atoms with Crippen LogP contribution in [0.1, 0.15) is 5.56 Å². The minimum atomic E-state index is 0.272. The summed E-state index contributed by atoms with van der Waals surface area (Å²) in [6.45, 7) is 0.549. The highest BCUT2D eigenvalue weighted by Crippen LogP contribution is 2.28. The molecule has 0 saturated carbocycles. The van der Waals surface area contributed by atoms with Gasteiger partial charge in [0.25, 0.3) is 0 Å². The predicted octanol–water partition coefficient (Wildman–Crippen LogP) is 3.95. The number of hydrogen-bond donors (Lipinski definition) is 2. The van der Waals surface area contributed by atoms with Crippen molar-refractivity contribution >= 4 is 21.6 Å². The van der Waals surface area contributed by atoms with E-state index >= 15 is 0 Å². The zero-order valence-corrected chi connectivity index (χ0v) is 12.8. The van der Waals surface area contributed by atoms with Crippen LogP contribution in [0.15, 0.2) is 65.4 Å². The van der Waals surface area contributed by atoms with Gasteiger partial charge in [0.15, 0.2) is 0 Å². The molecule has 4 nitrogen and oxygen atoms in total. The third kappa shape index (κ3) is 3.08. The summed E-state index contributed by atoms with van der Waals surface area (Å²) in [5.74, 6) is 0.272. The Bertz CT molecular complexity index is 741. The molecule has 3 rings (SSSR count). The number of phenols is 1. The summed E-state index contributed by atoms with van der Waals surface area (Å²) in [5, 5.41) is 17.5. The Morgan fingerprint density at radius 1 is 1.14 bits per heavy atom. The maximum atomic E-state index is 9.98. The molecule has 0 aliphatic carbocycles. The lowest BCUT2D eigenvalue weighted by molar-refractivity contribution is 0.465. The van der Waals surface area contributed by atoms with E-state index in [0.29, 0.717) is 11.0 Å². The minimum absolute atomic E-state index is 0.272. The van der Waals surface area contributed by atoms with E-state index in [9.17, 15) is 5.11 Å². The summed E-state index contributed by atoms with van der Waals surface area (Å²) in [5.41, 5.74) is 2.81. The lowest BCUT2D eigenvalue weighted by Crippen LogP contribution is -2.01. The highest BCUT2D eigenvalue weighted by molar-refractivity contribution is 9.10. The van der Waals surface area contributed by atoms with Gasteiger partial charge in [0, 0.05) is 30.2 Å². The molecule has 1 aromatic heterocycles. The molecule has 0 atom stereocenters. The Morgan fingerprint density at radius 3 is 2.81 bits per heavy atom. The van der Waals surface area contributed by atoms with E-state index in [1.54, 1.807) is 6.20 Å². The highest BCUT2D eigenvalue weighted by atomic mass is 79.9. The van der Waals surface area contributed by atoms with Gasteiger partial charge in [0.2, 0.25) is 0 Å². The molecule has 0 aliphatic heterocycles. The quantitative estimate of drug-likeness (QED) is 0.753. The van der Waals surface area contributed by atoms with E-state index in [2.05, 4.69) is 26.3 Å². The molecule has 0 radical (unpaired) electrons. The third-order valence-corrected chi connectivity index (χ3v) is 3.81. The second-order valence-corrected chi connectivity index (χ2v) is 5.46. The zero-order chi connectivity index (χ0) is 14.7. The van der Waals surface area contributed by atoms with Crippen molar-refractivity contribution < 1.29 is 5.11 Å². The maximum Gasteiger partial charge on any atom is 0.134 e. The van der Waals surface area contributed by atoms with Crippen molar-refractivity contribution in [3.8, 4) is 11.4 Å². The lowest BCUT2D eigenvalue weighted by Gasteiger charge is -2.10. The van der Waals surface area contributed by atoms with Gasteiger partial charge in [-0.1, -0.05) is 18.2 Å². The molecule has 0 amide bonds. The summed E-state index contributed by atoms with van der Waals surface area (Å²) in [7, 11) is 0. The van der Waals surface area contributed by atoms with Crippen LogP contribution in [-0.2, 0) is 6.54 Å². The van der Waals surface area contributed by atoms with Crippen LogP contribution < -0.4 is 5.32 Å². The Morgan fingerprint density at radius 2 is 2.00 bits per heavy atom. The standard InChI is InChI=1S/C16H14BrN3O/c17-15-7-1-4-12(16(15)21)11-18-13-5-2-6-14(10-13)20-9-3-8-19-20/h1-10,18,21H,11H2. The van der Waals surface area contributed by atoms with Crippen LogP contribution in [0.2, 0.25) is 0 Å². The first-order valence-electron chi connectivity index (χ1n) is 6.54. The number of para-hydroxylation sites is 1. The van der Waals surface area contributed by atoms with Crippen molar-refractivity contribution in [1.82, 2.24) is 9.78 Å². The summed E-state index contributed by atoms with van der Waals surface area (Å²) in [6, 6.07) is 15.5. The van der Waals surface area contributed by atoms with Crippen molar-refractivity contribution in [1.29, 1.82) is 0 Å². The Balaban J connectivity index is 1.77. The number of halogens is 1. The van der Waals surface area contributed by atoms with Gasteiger partial charge in [0.05, 0.1) is 10.2 Å². The zero-order valence-electron chi connectivity index (χ0n) is 11.2. The van der Waals surface area contributed by atoms with Gasteiger partial charge in [-0.25, -0.2) is 4.68 Å². The molecule has 0 aliphatic rings. The molecule has 106 valence electrons. The molecule has 0 saturated heterocycles. The van der Waals surface area contributed by atoms with E-state index in [0.717, 1.165) is 16.9 Å². The van der Waals surface area contributed by atoms with Crippen LogP contribution in [0.5, 0.6) is 5.75 Å². The Hall–Kier alpha value is -2.27. The number of phenolic OH excluding ortho intramolecular Hbond substituents is 1. The van der Waals surface area contributed by atoms with Gasteiger partial charge in [-0.2, -0.15) is 5.10 Å². The highest BCUT2D eigenvalue weighted by Gasteiger charge is 2.05. The average Bonchev–Trinajstić information content (AvgIpc) is 3.03. The van der Waals surface area contributed by atoms with Crippen molar-refractivity contribution in [2.24, 2.45) is 0 Å². The summed E-state index contributed by atoms with van der Waals surface area (Å²) in [4.78, 5) is 0. The number of aromatic nitrogens is 2. The second-order valence-electron chi connectivity index (χ2n) is 4.60. The molecule has 21 heavy (non-hydrogen) atoms. The van der Waals surface area contributed by atoms with E-state index in [-0.39, 0.29) is 5.75 Å². The first-order valence-corrected chi connectivity index (χ1v) is 7.33. The van der Waals surface area contributed by atoms with Crippen molar-refractivity contribution in [3.63, 3.8) is 0 Å². The number of aromatic hydroxyl groups is 1. The minimum Gasteiger partial charge on any atom is -0.506 e. The number of rotatable bonds is 4. The van der Waals surface area contributed by atoms with Gasteiger partial charge in [-0.15, -0.1) is 0 Å². The van der Waals surface area contributed by atoms with Gasteiger partial charge in [0.1, 0.15) is 5.75 Å². The molecule has 1 heterocycles. The summed E-state index contributed by atoms with van der Waals surface area (Å²) >= 11 is 3.32. The third-order valence-electron chi connectivity index (χ3n) is 3.17. The average molecular weight is 344 g/mol. The van der Waals surface area contributed by atoms with Crippen molar-refractivity contribution in [3.05, 3.63) is 71.0 Å². The molecule has 0 bridgehead atoms. The maximum absolute atomic E-state index is 9.98. The first-order chi connectivity index (χ1) is 10.2. The summed E-state index contributed by atoms with van der Waals surface area (Å²) < 4.78 is 2.51. The molecule has 0 fully saturated rings. The molecular weight excluding hydrogens is 330 g/mol. The van der Waals surface area contributed by atoms with Crippen LogP contribution in [0.25, 0.3) is 5.69 Å². The fraction of sp³-hybridized carbons (Fsp3) is 0.0625. The van der Waals surface area contributed by atoms with Gasteiger partial charge < -0.3 is 10.4 Å². The molecule has 0 spiro atoms. The van der Waals surface area contributed by atoms with E-state index < -0.39 is 0 Å². The number of anilines is 1. The molecule has 2 N–H and O–H groups in total. The number of nitrogens with zero attached hydrogens (tertiary/aromatic N) is 2. The van der Waals surface area contributed by atoms with E-state index in [4.69, 9.17) is 0 Å². The van der Waals surface area contributed by atoms with Crippen LogP contribution >= 0.6 is 15.9 Å². The van der Waals surface area contributed by atoms with Gasteiger partial charge in [-0.05, 0) is 46.3 Å². The van der Waals surface area contributed by atoms with Gasteiger partial charge in [-0.3, -0.25) is 0 Å².